The number of fused-ring (bicyclic) bond motifs is 1. The first kappa shape index (κ1) is 21.7. The van der Waals surface area contributed by atoms with E-state index in [1.807, 2.05) is 39.8 Å². The monoisotopic (exact) mass is 414 g/mol. The molecule has 0 bridgehead atoms. The van der Waals surface area contributed by atoms with Crippen molar-refractivity contribution in [3.63, 3.8) is 0 Å². The molecule has 8 heteroatoms. The number of carbonyl (C=O) groups is 2. The van der Waals surface area contributed by atoms with Gasteiger partial charge in [0.15, 0.2) is 0 Å². The fourth-order valence-electron chi connectivity index (χ4n) is 3.71. The van der Waals surface area contributed by atoms with E-state index < -0.39 is 12.2 Å². The minimum atomic E-state index is -0.471. The van der Waals surface area contributed by atoms with Gasteiger partial charge in [0.05, 0.1) is 5.69 Å². The molecule has 1 aliphatic heterocycles. The number of rotatable bonds is 7. The number of carbonyl (C=O) groups excluding carboxylic acids is 2. The Kier molecular flexibility index (Phi) is 6.97. The van der Waals surface area contributed by atoms with Gasteiger partial charge < -0.3 is 24.7 Å². The molecule has 0 aliphatic carbocycles. The van der Waals surface area contributed by atoms with Crippen molar-refractivity contribution < 1.29 is 19.1 Å². The van der Waals surface area contributed by atoms with Crippen LogP contribution in [0.3, 0.4) is 0 Å². The van der Waals surface area contributed by atoms with E-state index in [0.29, 0.717) is 0 Å². The first-order valence-electron chi connectivity index (χ1n) is 10.4. The number of hydrogen-bond acceptors (Lipinski definition) is 5. The lowest BCUT2D eigenvalue weighted by Crippen LogP contribution is -2.31. The Labute approximate surface area is 177 Å². The van der Waals surface area contributed by atoms with Crippen LogP contribution in [0.1, 0.15) is 50.9 Å². The minimum Gasteiger partial charge on any atom is -0.445 e. The van der Waals surface area contributed by atoms with E-state index in [1.54, 1.807) is 12.4 Å². The molecule has 1 aliphatic rings. The summed E-state index contributed by atoms with van der Waals surface area (Å²) in [5.41, 5.74) is 4.89. The maximum atomic E-state index is 12.1. The fraction of sp³-hybridized carbons (Fsp3) is 0.500. The molecule has 2 aromatic rings. The smallest absolute Gasteiger partial charge is 0.407 e. The van der Waals surface area contributed by atoms with Crippen LogP contribution in [0.2, 0.25) is 0 Å². The standard InChI is InChI=1S/C22H30N4O4/c1-14(2)24-21(27)29-12-17-18(13-30-22(28)25-15(3)4)20(16-7-9-23-10-8-16)26-11-5-6-19(17)26/h7-10,14-15H,5-6,11-13H2,1-4H3,(H,24,27)(H,25,28). The average molecular weight is 415 g/mol. The van der Waals surface area contributed by atoms with Crippen LogP contribution < -0.4 is 10.6 Å². The SMILES string of the molecule is CC(C)NC(=O)OCc1c(COC(=O)NC(C)C)c(-c2ccncc2)n2c1CCC2. The molecular formula is C22H30N4O4. The number of pyridine rings is 1. The molecule has 0 saturated heterocycles. The Bertz CT molecular complexity index is 890. The Morgan fingerprint density at radius 3 is 2.13 bits per heavy atom. The Hall–Kier alpha value is -3.03. The highest BCUT2D eigenvalue weighted by atomic mass is 16.6. The molecule has 0 radical (unpaired) electrons. The molecule has 0 spiro atoms. The van der Waals surface area contributed by atoms with E-state index in [9.17, 15) is 9.59 Å². The third kappa shape index (κ3) is 5.11. The summed E-state index contributed by atoms with van der Waals surface area (Å²) in [5.74, 6) is 0. The molecule has 0 saturated carbocycles. The van der Waals surface area contributed by atoms with Gasteiger partial charge in [0.2, 0.25) is 0 Å². The minimum absolute atomic E-state index is 0.00725. The van der Waals surface area contributed by atoms with E-state index in [0.717, 1.165) is 47.5 Å². The van der Waals surface area contributed by atoms with Gasteiger partial charge in [-0.2, -0.15) is 0 Å². The lowest BCUT2D eigenvalue weighted by Gasteiger charge is -2.14. The van der Waals surface area contributed by atoms with E-state index in [1.165, 1.54) is 0 Å². The molecule has 2 N–H and O–H groups in total. The van der Waals surface area contributed by atoms with Gasteiger partial charge in [0, 0.05) is 53.4 Å². The van der Waals surface area contributed by atoms with Gasteiger partial charge in [-0.15, -0.1) is 0 Å². The molecular weight excluding hydrogens is 384 g/mol. The molecule has 8 nitrogen and oxygen atoms in total. The number of alkyl carbamates (subject to hydrolysis) is 2. The van der Waals surface area contributed by atoms with Crippen molar-refractivity contribution in [2.24, 2.45) is 0 Å². The Morgan fingerprint density at radius 1 is 1.00 bits per heavy atom. The lowest BCUT2D eigenvalue weighted by molar-refractivity contribution is 0.129. The van der Waals surface area contributed by atoms with Gasteiger partial charge in [-0.3, -0.25) is 4.98 Å². The van der Waals surface area contributed by atoms with Crippen molar-refractivity contribution in [2.75, 3.05) is 0 Å². The van der Waals surface area contributed by atoms with Crippen molar-refractivity contribution in [2.45, 2.75) is 72.4 Å². The van der Waals surface area contributed by atoms with Gasteiger partial charge in [-0.1, -0.05) is 0 Å². The Balaban J connectivity index is 1.93. The molecule has 3 rings (SSSR count). The molecule has 0 aromatic carbocycles. The summed E-state index contributed by atoms with van der Waals surface area (Å²) in [6, 6.07) is 3.86. The molecule has 0 atom stereocenters. The summed E-state index contributed by atoms with van der Waals surface area (Å²) in [4.78, 5) is 28.3. The first-order valence-corrected chi connectivity index (χ1v) is 10.4. The summed E-state index contributed by atoms with van der Waals surface area (Å²) >= 11 is 0. The highest BCUT2D eigenvalue weighted by Crippen LogP contribution is 2.36. The van der Waals surface area contributed by atoms with E-state index >= 15 is 0 Å². The van der Waals surface area contributed by atoms with Gasteiger partial charge in [-0.25, -0.2) is 9.59 Å². The summed E-state index contributed by atoms with van der Waals surface area (Å²) < 4.78 is 13.3. The summed E-state index contributed by atoms with van der Waals surface area (Å²) in [6.07, 6.45) is 4.47. The maximum absolute atomic E-state index is 12.1. The zero-order chi connectivity index (χ0) is 21.7. The molecule has 30 heavy (non-hydrogen) atoms. The zero-order valence-corrected chi connectivity index (χ0v) is 18.0. The van der Waals surface area contributed by atoms with Crippen LogP contribution in [0.5, 0.6) is 0 Å². The van der Waals surface area contributed by atoms with Crippen LogP contribution in [0, 0.1) is 0 Å². The molecule has 2 aromatic heterocycles. The molecule has 162 valence electrons. The largest absolute Gasteiger partial charge is 0.445 e. The van der Waals surface area contributed by atoms with Crippen molar-refractivity contribution >= 4 is 12.2 Å². The molecule has 0 fully saturated rings. The topological polar surface area (TPSA) is 94.5 Å². The summed E-state index contributed by atoms with van der Waals surface area (Å²) in [7, 11) is 0. The third-order valence-electron chi connectivity index (χ3n) is 4.85. The molecule has 2 amide bonds. The number of aromatic nitrogens is 2. The normalized spacial score (nSPS) is 12.7. The Morgan fingerprint density at radius 2 is 1.57 bits per heavy atom. The van der Waals surface area contributed by atoms with Crippen LogP contribution in [0.25, 0.3) is 11.3 Å². The van der Waals surface area contributed by atoms with E-state index in [-0.39, 0.29) is 25.3 Å². The van der Waals surface area contributed by atoms with Gasteiger partial charge >= 0.3 is 12.2 Å². The van der Waals surface area contributed by atoms with E-state index in [2.05, 4.69) is 20.2 Å². The predicted octanol–water partition coefficient (Wildman–Crippen LogP) is 3.77. The van der Waals surface area contributed by atoms with Crippen molar-refractivity contribution in [3.8, 4) is 11.3 Å². The average Bonchev–Trinajstić information content (AvgIpc) is 3.24. The van der Waals surface area contributed by atoms with Gasteiger partial charge in [0.25, 0.3) is 0 Å². The first-order chi connectivity index (χ1) is 14.4. The van der Waals surface area contributed by atoms with Gasteiger partial charge in [-0.05, 0) is 52.7 Å². The van der Waals surface area contributed by atoms with Crippen LogP contribution >= 0.6 is 0 Å². The quantitative estimate of drug-likeness (QED) is 0.719. The summed E-state index contributed by atoms with van der Waals surface area (Å²) in [5, 5.41) is 5.48. The summed E-state index contributed by atoms with van der Waals surface area (Å²) in [6.45, 7) is 8.61. The van der Waals surface area contributed by atoms with Crippen LogP contribution in [0.4, 0.5) is 9.59 Å². The number of ether oxygens (including phenoxy) is 2. The van der Waals surface area contributed by atoms with Crippen LogP contribution in [-0.2, 0) is 35.7 Å². The fourth-order valence-corrected chi connectivity index (χ4v) is 3.71. The predicted molar refractivity (Wildman–Crippen MR) is 113 cm³/mol. The number of nitrogens with zero attached hydrogens (tertiary/aromatic N) is 2. The van der Waals surface area contributed by atoms with E-state index in [4.69, 9.17) is 9.47 Å². The number of amides is 2. The second kappa shape index (κ2) is 9.65. The number of nitrogens with one attached hydrogen (secondary N) is 2. The second-order valence-electron chi connectivity index (χ2n) is 7.99. The van der Waals surface area contributed by atoms with Crippen molar-refractivity contribution in [1.29, 1.82) is 0 Å². The van der Waals surface area contributed by atoms with Crippen LogP contribution in [0.15, 0.2) is 24.5 Å². The third-order valence-corrected chi connectivity index (χ3v) is 4.85. The molecule has 0 unspecified atom stereocenters. The van der Waals surface area contributed by atoms with Crippen molar-refractivity contribution in [3.05, 3.63) is 41.3 Å². The number of hydrogen-bond donors (Lipinski definition) is 2. The maximum Gasteiger partial charge on any atom is 0.407 e. The second-order valence-corrected chi connectivity index (χ2v) is 7.99. The highest BCUT2D eigenvalue weighted by molar-refractivity contribution is 5.71. The molecule has 3 heterocycles. The zero-order valence-electron chi connectivity index (χ0n) is 18.0. The van der Waals surface area contributed by atoms with Crippen LogP contribution in [-0.4, -0.2) is 33.8 Å². The highest BCUT2D eigenvalue weighted by Gasteiger charge is 2.28. The lowest BCUT2D eigenvalue weighted by atomic mass is 10.0. The van der Waals surface area contributed by atoms with Gasteiger partial charge in [0.1, 0.15) is 13.2 Å². The van der Waals surface area contributed by atoms with Crippen molar-refractivity contribution in [1.82, 2.24) is 20.2 Å².